The number of nitrogens with one attached hydrogen (secondary N) is 2. The van der Waals surface area contributed by atoms with Crippen molar-refractivity contribution in [3.8, 4) is 0 Å². The zero-order valence-electron chi connectivity index (χ0n) is 11.5. The van der Waals surface area contributed by atoms with Crippen LogP contribution in [0.3, 0.4) is 0 Å². The van der Waals surface area contributed by atoms with Crippen LogP contribution in [0.5, 0.6) is 0 Å². The third-order valence-electron chi connectivity index (χ3n) is 2.82. The lowest BCUT2D eigenvalue weighted by molar-refractivity contribution is -0.385. The first-order valence-electron chi connectivity index (χ1n) is 6.08. The Morgan fingerprint density at radius 3 is 2.76 bits per heavy atom. The number of hydrogen-bond donors (Lipinski definition) is 2. The molecule has 0 unspecified atom stereocenters. The number of aromatic nitrogens is 2. The summed E-state index contributed by atoms with van der Waals surface area (Å²) < 4.78 is 0. The third kappa shape index (κ3) is 3.11. The molecule has 0 aromatic carbocycles. The summed E-state index contributed by atoms with van der Waals surface area (Å²) in [6.07, 6.45) is 2.71. The number of nitro groups is 1. The fraction of sp³-hybridized carbons (Fsp3) is 0.154. The molecule has 8 heteroatoms. The monoisotopic (exact) mass is 287 g/mol. The molecule has 0 saturated heterocycles. The van der Waals surface area contributed by atoms with Crippen LogP contribution in [0, 0.1) is 17.0 Å². The van der Waals surface area contributed by atoms with Gasteiger partial charge in [0.1, 0.15) is 12.0 Å². The smallest absolute Gasteiger partial charge is 0.288 e. The van der Waals surface area contributed by atoms with Gasteiger partial charge in [0.15, 0.2) is 0 Å². The van der Waals surface area contributed by atoms with Crippen molar-refractivity contribution in [2.75, 3.05) is 17.7 Å². The highest BCUT2D eigenvalue weighted by molar-refractivity contribution is 6.08. The standard InChI is InChI=1S/C13H13N5O3/c1-8-11(4-3-5-15-8)17-13(19)10-6-9(18(20)21)7-16-12(10)14-2/h3-7H,1-2H3,(H,14,16)(H,17,19). The predicted octanol–water partition coefficient (Wildman–Crippen LogP) is 1.99. The summed E-state index contributed by atoms with van der Waals surface area (Å²) in [6.45, 7) is 1.75. The van der Waals surface area contributed by atoms with Gasteiger partial charge < -0.3 is 10.6 Å². The maximum Gasteiger partial charge on any atom is 0.288 e. The average molecular weight is 287 g/mol. The molecule has 2 aromatic rings. The van der Waals surface area contributed by atoms with E-state index >= 15 is 0 Å². The van der Waals surface area contributed by atoms with E-state index in [2.05, 4.69) is 20.6 Å². The van der Waals surface area contributed by atoms with Crippen LogP contribution in [0.4, 0.5) is 17.2 Å². The van der Waals surface area contributed by atoms with Crippen molar-refractivity contribution >= 4 is 23.1 Å². The van der Waals surface area contributed by atoms with Gasteiger partial charge >= 0.3 is 0 Å². The van der Waals surface area contributed by atoms with Gasteiger partial charge in [0.25, 0.3) is 11.6 Å². The highest BCUT2D eigenvalue weighted by Crippen LogP contribution is 2.20. The Hall–Kier alpha value is -3.03. The van der Waals surface area contributed by atoms with Crippen LogP contribution < -0.4 is 10.6 Å². The number of rotatable bonds is 4. The van der Waals surface area contributed by atoms with Gasteiger partial charge in [-0.25, -0.2) is 4.98 Å². The SMILES string of the molecule is CNc1ncc([N+](=O)[O-])cc1C(=O)Nc1cccnc1C. The molecule has 2 N–H and O–H groups in total. The van der Waals surface area contributed by atoms with Gasteiger partial charge in [-0.05, 0) is 19.1 Å². The lowest BCUT2D eigenvalue weighted by Crippen LogP contribution is -2.16. The molecule has 0 saturated carbocycles. The lowest BCUT2D eigenvalue weighted by Gasteiger charge is -2.10. The number of carbonyl (C=O) groups is 1. The molecular weight excluding hydrogens is 274 g/mol. The minimum absolute atomic E-state index is 0.0925. The molecule has 21 heavy (non-hydrogen) atoms. The van der Waals surface area contributed by atoms with Crippen molar-refractivity contribution in [3.05, 3.63) is 52.0 Å². The van der Waals surface area contributed by atoms with E-state index in [9.17, 15) is 14.9 Å². The Bertz CT molecular complexity index is 702. The summed E-state index contributed by atoms with van der Waals surface area (Å²) in [5.41, 5.74) is 1.03. The molecule has 0 aliphatic rings. The molecule has 1 amide bonds. The quantitative estimate of drug-likeness (QED) is 0.657. The van der Waals surface area contributed by atoms with E-state index in [1.54, 1.807) is 32.3 Å². The molecule has 0 spiro atoms. The largest absolute Gasteiger partial charge is 0.372 e. The first kappa shape index (κ1) is 14.4. The van der Waals surface area contributed by atoms with Crippen LogP contribution in [0.25, 0.3) is 0 Å². The molecule has 0 aliphatic heterocycles. The molecule has 0 atom stereocenters. The second-order valence-electron chi connectivity index (χ2n) is 4.19. The summed E-state index contributed by atoms with van der Waals surface area (Å²) in [7, 11) is 1.58. The summed E-state index contributed by atoms with van der Waals surface area (Å²) in [5.74, 6) is -0.230. The van der Waals surface area contributed by atoms with Crippen molar-refractivity contribution in [2.24, 2.45) is 0 Å². The molecule has 2 rings (SSSR count). The lowest BCUT2D eigenvalue weighted by atomic mass is 10.2. The zero-order valence-corrected chi connectivity index (χ0v) is 11.5. The van der Waals surface area contributed by atoms with Gasteiger partial charge in [0.05, 0.1) is 21.9 Å². The van der Waals surface area contributed by atoms with Gasteiger partial charge in [0, 0.05) is 19.3 Å². The van der Waals surface area contributed by atoms with E-state index in [1.807, 2.05) is 0 Å². The van der Waals surface area contributed by atoms with Crippen LogP contribution in [-0.4, -0.2) is 27.8 Å². The van der Waals surface area contributed by atoms with Crippen LogP contribution in [0.1, 0.15) is 16.1 Å². The minimum atomic E-state index is -0.599. The molecule has 0 aliphatic carbocycles. The molecule has 0 bridgehead atoms. The molecule has 108 valence electrons. The normalized spacial score (nSPS) is 10.0. The van der Waals surface area contributed by atoms with Crippen molar-refractivity contribution < 1.29 is 9.72 Å². The Morgan fingerprint density at radius 1 is 1.38 bits per heavy atom. The molecule has 0 radical (unpaired) electrons. The first-order valence-corrected chi connectivity index (χ1v) is 6.08. The van der Waals surface area contributed by atoms with Crippen molar-refractivity contribution in [2.45, 2.75) is 6.92 Å². The summed E-state index contributed by atoms with van der Waals surface area (Å²) >= 11 is 0. The maximum absolute atomic E-state index is 12.3. The average Bonchev–Trinajstić information content (AvgIpc) is 2.48. The van der Waals surface area contributed by atoms with E-state index in [1.165, 1.54) is 6.07 Å². The van der Waals surface area contributed by atoms with E-state index in [0.717, 1.165) is 6.20 Å². The second kappa shape index (κ2) is 5.95. The zero-order chi connectivity index (χ0) is 15.4. The summed E-state index contributed by atoms with van der Waals surface area (Å²) in [4.78, 5) is 30.4. The van der Waals surface area contributed by atoms with Gasteiger partial charge in [-0.3, -0.25) is 19.9 Å². The van der Waals surface area contributed by atoms with E-state index in [4.69, 9.17) is 0 Å². The Balaban J connectivity index is 2.36. The molecule has 8 nitrogen and oxygen atoms in total. The number of anilines is 2. The highest BCUT2D eigenvalue weighted by Gasteiger charge is 2.18. The number of amides is 1. The minimum Gasteiger partial charge on any atom is -0.372 e. The topological polar surface area (TPSA) is 110 Å². The molecule has 0 fully saturated rings. The van der Waals surface area contributed by atoms with Crippen molar-refractivity contribution in [1.82, 2.24) is 9.97 Å². The maximum atomic E-state index is 12.3. The third-order valence-corrected chi connectivity index (χ3v) is 2.82. The van der Waals surface area contributed by atoms with Crippen molar-refractivity contribution in [1.29, 1.82) is 0 Å². The molecular formula is C13H13N5O3. The van der Waals surface area contributed by atoms with Crippen molar-refractivity contribution in [3.63, 3.8) is 0 Å². The van der Waals surface area contributed by atoms with Crippen LogP contribution in [-0.2, 0) is 0 Å². The van der Waals surface area contributed by atoms with Gasteiger partial charge in [0.2, 0.25) is 0 Å². The summed E-state index contributed by atoms with van der Waals surface area (Å²) in [5, 5.41) is 16.2. The van der Waals surface area contributed by atoms with Crippen LogP contribution in [0.2, 0.25) is 0 Å². The predicted molar refractivity (Wildman–Crippen MR) is 77.4 cm³/mol. The fourth-order valence-electron chi connectivity index (χ4n) is 1.73. The first-order chi connectivity index (χ1) is 10.0. The van der Waals surface area contributed by atoms with Crippen LogP contribution >= 0.6 is 0 Å². The highest BCUT2D eigenvalue weighted by atomic mass is 16.6. The van der Waals surface area contributed by atoms with E-state index in [0.29, 0.717) is 11.4 Å². The summed E-state index contributed by atoms with van der Waals surface area (Å²) in [6, 6.07) is 4.57. The van der Waals surface area contributed by atoms with Crippen LogP contribution in [0.15, 0.2) is 30.6 Å². The van der Waals surface area contributed by atoms with E-state index in [-0.39, 0.29) is 17.1 Å². The number of aryl methyl sites for hydroxylation is 1. The number of pyridine rings is 2. The Kier molecular flexibility index (Phi) is 4.07. The number of hydrogen-bond acceptors (Lipinski definition) is 6. The van der Waals surface area contributed by atoms with Gasteiger partial charge in [-0.15, -0.1) is 0 Å². The second-order valence-corrected chi connectivity index (χ2v) is 4.19. The number of nitrogens with zero attached hydrogens (tertiary/aromatic N) is 3. The molecule has 2 aromatic heterocycles. The van der Waals surface area contributed by atoms with Gasteiger partial charge in [-0.2, -0.15) is 0 Å². The van der Waals surface area contributed by atoms with Gasteiger partial charge in [-0.1, -0.05) is 0 Å². The van der Waals surface area contributed by atoms with E-state index < -0.39 is 10.8 Å². The Morgan fingerprint density at radius 2 is 2.14 bits per heavy atom. The number of carbonyl (C=O) groups excluding carboxylic acids is 1. The molecule has 2 heterocycles. The fourth-order valence-corrected chi connectivity index (χ4v) is 1.73. The Labute approximate surface area is 120 Å².